The van der Waals surface area contributed by atoms with Gasteiger partial charge >= 0.3 is 0 Å². The van der Waals surface area contributed by atoms with Gasteiger partial charge in [-0.3, -0.25) is 0 Å². The molecule has 9 heteroatoms. The van der Waals surface area contributed by atoms with Crippen molar-refractivity contribution >= 4 is 27.4 Å². The zero-order valence-corrected chi connectivity index (χ0v) is 15.7. The highest BCUT2D eigenvalue weighted by molar-refractivity contribution is 7.19. The zero-order chi connectivity index (χ0) is 19.2. The SMILES string of the molecule is CCN(CC)c1nc(-c2ccccc2)c(/N=N/c2nc(C#N)c(C#N)[nH]2)s1. The van der Waals surface area contributed by atoms with Gasteiger partial charge in [-0.15, -0.1) is 10.2 Å². The first-order valence-corrected chi connectivity index (χ1v) is 9.14. The molecule has 0 amide bonds. The Morgan fingerprint density at radius 2 is 1.81 bits per heavy atom. The van der Waals surface area contributed by atoms with Gasteiger partial charge in [0.25, 0.3) is 0 Å². The average Bonchev–Trinajstić information content (AvgIpc) is 3.31. The van der Waals surface area contributed by atoms with Crippen LogP contribution in [0, 0.1) is 22.7 Å². The van der Waals surface area contributed by atoms with Crippen molar-refractivity contribution in [1.82, 2.24) is 15.0 Å². The first-order chi connectivity index (χ1) is 13.2. The lowest BCUT2D eigenvalue weighted by Crippen LogP contribution is -2.21. The number of nitrogens with one attached hydrogen (secondary N) is 1. The third-order valence-corrected chi connectivity index (χ3v) is 4.82. The Hall–Kier alpha value is -3.56. The number of nitriles is 2. The summed E-state index contributed by atoms with van der Waals surface area (Å²) in [6.07, 6.45) is 0. The van der Waals surface area contributed by atoms with Crippen molar-refractivity contribution in [3.8, 4) is 23.4 Å². The molecule has 0 spiro atoms. The molecule has 3 rings (SSSR count). The highest BCUT2D eigenvalue weighted by Gasteiger charge is 2.16. The molecule has 134 valence electrons. The summed E-state index contributed by atoms with van der Waals surface area (Å²) in [4.78, 5) is 13.5. The van der Waals surface area contributed by atoms with Crippen LogP contribution in [-0.2, 0) is 0 Å². The molecule has 0 radical (unpaired) electrons. The number of azo groups is 1. The van der Waals surface area contributed by atoms with Crippen LogP contribution in [0.2, 0.25) is 0 Å². The maximum absolute atomic E-state index is 9.00. The molecular weight excluding hydrogens is 360 g/mol. The molecule has 1 N–H and O–H groups in total. The summed E-state index contributed by atoms with van der Waals surface area (Å²) in [6, 6.07) is 13.5. The lowest BCUT2D eigenvalue weighted by Gasteiger charge is -2.16. The number of benzene rings is 1. The summed E-state index contributed by atoms with van der Waals surface area (Å²) in [5, 5.41) is 27.9. The van der Waals surface area contributed by atoms with Crippen molar-refractivity contribution in [1.29, 1.82) is 10.5 Å². The molecule has 0 bridgehead atoms. The van der Waals surface area contributed by atoms with E-state index < -0.39 is 0 Å². The van der Waals surface area contributed by atoms with Gasteiger partial charge in [-0.25, -0.2) is 4.98 Å². The summed E-state index contributed by atoms with van der Waals surface area (Å²) < 4.78 is 0. The Labute approximate surface area is 160 Å². The predicted octanol–water partition coefficient (Wildman–Crippen LogP) is 4.54. The largest absolute Gasteiger partial charge is 0.349 e. The monoisotopic (exact) mass is 376 g/mol. The minimum Gasteiger partial charge on any atom is -0.349 e. The number of nitrogens with zero attached hydrogens (tertiary/aromatic N) is 7. The topological polar surface area (TPSA) is 117 Å². The van der Waals surface area contributed by atoms with Crippen LogP contribution in [0.5, 0.6) is 0 Å². The Bertz CT molecular complexity index is 1000. The lowest BCUT2D eigenvalue weighted by atomic mass is 10.2. The first kappa shape index (κ1) is 18.2. The molecule has 0 aliphatic rings. The highest BCUT2D eigenvalue weighted by Crippen LogP contribution is 2.40. The molecule has 0 fully saturated rings. The standard InChI is InChI=1S/C18H16N8S/c1-3-26(4-2)18-23-15(12-8-6-5-7-9-12)16(27-18)24-25-17-21-13(10-19)14(11-20)22-17/h5-9H,3-4H2,1-2H3,(H,21,22)/b25-24+. The van der Waals surface area contributed by atoms with Crippen LogP contribution in [0.1, 0.15) is 25.2 Å². The highest BCUT2D eigenvalue weighted by atomic mass is 32.1. The summed E-state index contributed by atoms with van der Waals surface area (Å²) in [5.74, 6) is 0.111. The molecule has 2 heterocycles. The van der Waals surface area contributed by atoms with Crippen molar-refractivity contribution in [2.24, 2.45) is 10.2 Å². The van der Waals surface area contributed by atoms with Gasteiger partial charge < -0.3 is 9.88 Å². The van der Waals surface area contributed by atoms with E-state index in [1.165, 1.54) is 11.3 Å². The second kappa shape index (κ2) is 8.21. The van der Waals surface area contributed by atoms with Crippen LogP contribution in [-0.4, -0.2) is 28.0 Å². The van der Waals surface area contributed by atoms with Crippen molar-refractivity contribution in [2.45, 2.75) is 13.8 Å². The summed E-state index contributed by atoms with van der Waals surface area (Å²) in [6.45, 7) is 5.82. The van der Waals surface area contributed by atoms with Crippen LogP contribution in [0.3, 0.4) is 0 Å². The van der Waals surface area contributed by atoms with E-state index in [4.69, 9.17) is 15.5 Å². The fourth-order valence-corrected chi connectivity index (χ4v) is 3.48. The molecule has 0 unspecified atom stereocenters. The summed E-state index contributed by atoms with van der Waals surface area (Å²) in [7, 11) is 0. The average molecular weight is 376 g/mol. The molecule has 3 aromatic rings. The van der Waals surface area contributed by atoms with E-state index in [2.05, 4.69) is 38.9 Å². The molecule has 0 aliphatic heterocycles. The number of rotatable bonds is 6. The number of aromatic amines is 1. The van der Waals surface area contributed by atoms with E-state index in [0.717, 1.165) is 29.5 Å². The van der Waals surface area contributed by atoms with Gasteiger partial charge in [0, 0.05) is 18.7 Å². The summed E-state index contributed by atoms with van der Waals surface area (Å²) in [5.41, 5.74) is 1.75. The van der Waals surface area contributed by atoms with E-state index >= 15 is 0 Å². The number of aromatic nitrogens is 3. The number of hydrogen-bond donors (Lipinski definition) is 1. The smallest absolute Gasteiger partial charge is 0.249 e. The second-order valence-corrected chi connectivity index (χ2v) is 6.35. The van der Waals surface area contributed by atoms with Crippen LogP contribution < -0.4 is 4.90 Å². The van der Waals surface area contributed by atoms with E-state index in [0.29, 0.717) is 5.00 Å². The van der Waals surface area contributed by atoms with E-state index in [1.807, 2.05) is 42.5 Å². The first-order valence-electron chi connectivity index (χ1n) is 8.33. The Morgan fingerprint density at radius 3 is 2.41 bits per heavy atom. The van der Waals surface area contributed by atoms with Crippen LogP contribution >= 0.6 is 11.3 Å². The van der Waals surface area contributed by atoms with Crippen molar-refractivity contribution in [2.75, 3.05) is 18.0 Å². The number of anilines is 1. The van der Waals surface area contributed by atoms with E-state index in [9.17, 15) is 0 Å². The molecule has 2 aromatic heterocycles. The lowest BCUT2D eigenvalue weighted by molar-refractivity contribution is 0.860. The van der Waals surface area contributed by atoms with Gasteiger partial charge in [0.15, 0.2) is 21.5 Å². The molecule has 0 saturated carbocycles. The fourth-order valence-electron chi connectivity index (χ4n) is 2.44. The molecule has 27 heavy (non-hydrogen) atoms. The summed E-state index contributed by atoms with van der Waals surface area (Å²) >= 11 is 1.44. The Morgan fingerprint density at radius 1 is 1.07 bits per heavy atom. The molecule has 0 aliphatic carbocycles. The molecular formula is C18H16N8S. The number of thiazole rings is 1. The number of hydrogen-bond acceptors (Lipinski definition) is 8. The Balaban J connectivity index is 2.02. The minimum atomic E-state index is 0.00266. The molecule has 0 atom stereocenters. The van der Waals surface area contributed by atoms with E-state index in [1.54, 1.807) is 0 Å². The van der Waals surface area contributed by atoms with E-state index in [-0.39, 0.29) is 17.3 Å². The maximum atomic E-state index is 9.00. The van der Waals surface area contributed by atoms with Crippen molar-refractivity contribution in [3.63, 3.8) is 0 Å². The van der Waals surface area contributed by atoms with Gasteiger partial charge in [0.2, 0.25) is 5.95 Å². The van der Waals surface area contributed by atoms with Gasteiger partial charge in [-0.1, -0.05) is 41.7 Å². The quantitative estimate of drug-likeness (QED) is 0.634. The Kier molecular flexibility index (Phi) is 5.55. The normalized spacial score (nSPS) is 10.7. The van der Waals surface area contributed by atoms with Gasteiger partial charge in [0.05, 0.1) is 0 Å². The van der Waals surface area contributed by atoms with Crippen molar-refractivity contribution in [3.05, 3.63) is 41.7 Å². The van der Waals surface area contributed by atoms with Gasteiger partial charge in [0.1, 0.15) is 17.8 Å². The van der Waals surface area contributed by atoms with Gasteiger partial charge in [-0.2, -0.15) is 15.5 Å². The molecule has 1 aromatic carbocycles. The second-order valence-electron chi connectivity index (χ2n) is 5.40. The maximum Gasteiger partial charge on any atom is 0.249 e. The van der Waals surface area contributed by atoms with Crippen LogP contribution in [0.25, 0.3) is 11.3 Å². The number of H-pyrrole nitrogens is 1. The van der Waals surface area contributed by atoms with Gasteiger partial charge in [-0.05, 0) is 13.8 Å². The third kappa shape index (κ3) is 3.84. The minimum absolute atomic E-state index is 0.00266. The van der Waals surface area contributed by atoms with Crippen LogP contribution in [0.15, 0.2) is 40.6 Å². The third-order valence-electron chi connectivity index (χ3n) is 3.82. The van der Waals surface area contributed by atoms with Crippen LogP contribution in [0.4, 0.5) is 16.1 Å². The molecule has 0 saturated heterocycles. The number of imidazole rings is 1. The zero-order valence-electron chi connectivity index (χ0n) is 14.8. The van der Waals surface area contributed by atoms with Crippen molar-refractivity contribution < 1.29 is 0 Å². The predicted molar refractivity (Wildman–Crippen MR) is 103 cm³/mol. The fraction of sp³-hybridized carbons (Fsp3) is 0.222. The molecule has 8 nitrogen and oxygen atoms in total.